The van der Waals surface area contributed by atoms with E-state index in [-0.39, 0.29) is 10.4 Å². The lowest BCUT2D eigenvalue weighted by Crippen LogP contribution is -2.57. The fourth-order valence-electron chi connectivity index (χ4n) is 2.95. The molecule has 3 nitrogen and oxygen atoms in total. The molecule has 1 aliphatic carbocycles. The first kappa shape index (κ1) is 17.0. The van der Waals surface area contributed by atoms with Crippen LogP contribution in [0.25, 0.3) is 0 Å². The van der Waals surface area contributed by atoms with Crippen molar-refractivity contribution in [3.8, 4) is 0 Å². The Balaban J connectivity index is 2.33. The monoisotopic (exact) mass is 380 g/mol. The lowest BCUT2D eigenvalue weighted by atomic mass is 9.61. The molecule has 1 saturated heterocycles. The number of carbonyl (C=O) groups excluding carboxylic acids is 1. The molecule has 1 aliphatic heterocycles. The first-order valence-electron chi connectivity index (χ1n) is 6.08. The van der Waals surface area contributed by atoms with Gasteiger partial charge in [-0.25, -0.2) is 0 Å². The van der Waals surface area contributed by atoms with Crippen molar-refractivity contribution in [1.29, 1.82) is 0 Å². The third-order valence-corrected chi connectivity index (χ3v) is 5.52. The van der Waals surface area contributed by atoms with Gasteiger partial charge in [0.2, 0.25) is 3.79 Å². The number of halogens is 5. The zero-order chi connectivity index (χ0) is 15.3. The van der Waals surface area contributed by atoms with E-state index in [1.165, 1.54) is 0 Å². The number of cyclic esters (lactones) is 1. The van der Waals surface area contributed by atoms with Crippen molar-refractivity contribution in [2.45, 2.75) is 42.2 Å². The van der Waals surface area contributed by atoms with E-state index in [0.29, 0.717) is 24.8 Å². The molecular weight excluding hydrogens is 369 g/mol. The van der Waals surface area contributed by atoms with E-state index in [0.717, 1.165) is 0 Å². The molecule has 20 heavy (non-hydrogen) atoms. The van der Waals surface area contributed by atoms with E-state index < -0.39 is 27.4 Å². The summed E-state index contributed by atoms with van der Waals surface area (Å²) in [7, 11) is 0. The minimum absolute atomic E-state index is 0.00604. The molecule has 0 aromatic heterocycles. The second-order valence-corrected chi connectivity index (χ2v) is 8.70. The highest BCUT2D eigenvalue weighted by molar-refractivity contribution is 6.68. The van der Waals surface area contributed by atoms with Crippen molar-refractivity contribution in [1.82, 2.24) is 0 Å². The van der Waals surface area contributed by atoms with Gasteiger partial charge < -0.3 is 9.84 Å². The van der Waals surface area contributed by atoms with Gasteiger partial charge in [0, 0.05) is 0 Å². The second kappa shape index (κ2) is 5.68. The molecule has 1 saturated carbocycles. The third-order valence-electron chi connectivity index (χ3n) is 4.30. The molecule has 0 aromatic carbocycles. The van der Waals surface area contributed by atoms with E-state index in [4.69, 9.17) is 62.7 Å². The minimum Gasteiger partial charge on any atom is -0.457 e. The molecule has 2 rings (SSSR count). The van der Waals surface area contributed by atoms with Crippen LogP contribution in [0.15, 0.2) is 10.1 Å². The molecule has 1 N–H and O–H groups in total. The van der Waals surface area contributed by atoms with Crippen molar-refractivity contribution in [2.24, 2.45) is 11.3 Å². The van der Waals surface area contributed by atoms with Crippen LogP contribution in [-0.4, -0.2) is 27.1 Å². The first-order valence-corrected chi connectivity index (χ1v) is 7.97. The van der Waals surface area contributed by atoms with Crippen LogP contribution in [0.5, 0.6) is 0 Å². The number of hydrogen-bond acceptors (Lipinski definition) is 3. The highest BCUT2D eigenvalue weighted by Gasteiger charge is 2.58. The summed E-state index contributed by atoms with van der Waals surface area (Å²) in [5.74, 6) is -0.750. The Kier molecular flexibility index (Phi) is 4.82. The topological polar surface area (TPSA) is 46.5 Å². The molecule has 2 aliphatic rings. The second-order valence-electron chi connectivity index (χ2n) is 5.38. The highest BCUT2D eigenvalue weighted by atomic mass is 35.6. The van der Waals surface area contributed by atoms with E-state index in [1.807, 2.05) is 0 Å². The van der Waals surface area contributed by atoms with Crippen molar-refractivity contribution in [2.75, 3.05) is 0 Å². The number of aliphatic hydroxyl groups is 1. The molecule has 8 heteroatoms. The Morgan fingerprint density at radius 2 is 2.00 bits per heavy atom. The maximum Gasteiger partial charge on any atom is 0.315 e. The number of alkyl halides is 3. The van der Waals surface area contributed by atoms with Crippen LogP contribution in [0.2, 0.25) is 0 Å². The summed E-state index contributed by atoms with van der Waals surface area (Å²) in [6, 6.07) is 0. The SMILES string of the molecule is C[C@]12C(=O)O[C@@H](C(Cl)(Cl)Cl)C[C@@H]1CCC(=C(Cl)Cl)[C@H]2O. The Morgan fingerprint density at radius 1 is 1.40 bits per heavy atom. The lowest BCUT2D eigenvalue weighted by Gasteiger charge is -2.49. The van der Waals surface area contributed by atoms with Crippen molar-refractivity contribution < 1.29 is 14.6 Å². The molecular formula is C12H13Cl5O3. The van der Waals surface area contributed by atoms with Crippen molar-refractivity contribution in [3.05, 3.63) is 10.1 Å². The van der Waals surface area contributed by atoms with E-state index in [2.05, 4.69) is 0 Å². The molecule has 4 atom stereocenters. The quantitative estimate of drug-likeness (QED) is 0.506. The maximum atomic E-state index is 12.3. The van der Waals surface area contributed by atoms with Gasteiger partial charge in [0.15, 0.2) is 0 Å². The van der Waals surface area contributed by atoms with Crippen LogP contribution in [0.1, 0.15) is 26.2 Å². The van der Waals surface area contributed by atoms with Crippen molar-refractivity contribution >= 4 is 64.0 Å². The zero-order valence-electron chi connectivity index (χ0n) is 10.5. The zero-order valence-corrected chi connectivity index (χ0v) is 14.3. The average Bonchev–Trinajstić information content (AvgIpc) is 2.31. The molecule has 1 heterocycles. The van der Waals surface area contributed by atoms with Crippen LogP contribution < -0.4 is 0 Å². The molecule has 0 bridgehead atoms. The van der Waals surface area contributed by atoms with Crippen LogP contribution in [0.3, 0.4) is 0 Å². The Morgan fingerprint density at radius 3 is 2.50 bits per heavy atom. The number of aliphatic hydroxyl groups excluding tert-OH is 1. The largest absolute Gasteiger partial charge is 0.457 e. The first-order chi connectivity index (χ1) is 9.08. The summed E-state index contributed by atoms with van der Waals surface area (Å²) in [6.45, 7) is 1.63. The predicted octanol–water partition coefficient (Wildman–Crippen LogP) is 4.14. The Hall–Kier alpha value is 0.620. The molecule has 0 unspecified atom stereocenters. The molecule has 0 spiro atoms. The smallest absolute Gasteiger partial charge is 0.315 e. The normalized spacial score (nSPS) is 38.2. The molecule has 0 aromatic rings. The summed E-state index contributed by atoms with van der Waals surface area (Å²) >= 11 is 29.0. The number of fused-ring (bicyclic) bond motifs is 1. The van der Waals surface area contributed by atoms with E-state index in [9.17, 15) is 9.90 Å². The summed E-state index contributed by atoms with van der Waals surface area (Å²) in [5.41, 5.74) is -0.661. The van der Waals surface area contributed by atoms with Gasteiger partial charge in [-0.15, -0.1) is 0 Å². The summed E-state index contributed by atoms with van der Waals surface area (Å²) < 4.78 is 3.53. The molecule has 114 valence electrons. The molecule has 0 radical (unpaired) electrons. The summed E-state index contributed by atoms with van der Waals surface area (Å²) in [6.07, 6.45) is -0.400. The average molecular weight is 382 g/mol. The summed E-state index contributed by atoms with van der Waals surface area (Å²) in [4.78, 5) is 12.3. The number of hydrogen-bond donors (Lipinski definition) is 1. The van der Waals surface area contributed by atoms with Crippen molar-refractivity contribution in [3.63, 3.8) is 0 Å². The van der Waals surface area contributed by atoms with Gasteiger partial charge in [0.05, 0.1) is 11.5 Å². The van der Waals surface area contributed by atoms with Gasteiger partial charge in [-0.3, -0.25) is 4.79 Å². The number of rotatable bonds is 0. The Labute approximate surface area is 142 Å². The van der Waals surface area contributed by atoms with Gasteiger partial charge >= 0.3 is 5.97 Å². The van der Waals surface area contributed by atoms with Gasteiger partial charge in [0.25, 0.3) is 0 Å². The lowest BCUT2D eigenvalue weighted by molar-refractivity contribution is -0.187. The maximum absolute atomic E-state index is 12.3. The summed E-state index contributed by atoms with van der Waals surface area (Å²) in [5, 5.41) is 10.4. The number of esters is 1. The standard InChI is InChI=1S/C12H13Cl5O3/c1-11-5(2-3-6(8(11)18)9(13)14)4-7(12(15,16)17)20-10(11)19/h5,7-8,18H,2-4H2,1H3/t5-,7+,8+,11-/m0/s1. The fraction of sp³-hybridized carbons (Fsp3) is 0.750. The van der Waals surface area contributed by atoms with Crippen LogP contribution in [0, 0.1) is 11.3 Å². The van der Waals surface area contributed by atoms with Crippen LogP contribution in [0.4, 0.5) is 0 Å². The van der Waals surface area contributed by atoms with E-state index >= 15 is 0 Å². The van der Waals surface area contributed by atoms with Gasteiger partial charge in [-0.1, -0.05) is 58.0 Å². The fourth-order valence-corrected chi connectivity index (χ4v) is 3.75. The van der Waals surface area contributed by atoms with Gasteiger partial charge in [-0.2, -0.15) is 0 Å². The molecule has 2 fully saturated rings. The molecule has 0 amide bonds. The number of carbonyl (C=O) groups is 1. The highest BCUT2D eigenvalue weighted by Crippen LogP contribution is 2.53. The van der Waals surface area contributed by atoms with Gasteiger partial charge in [0.1, 0.15) is 10.6 Å². The van der Waals surface area contributed by atoms with E-state index in [1.54, 1.807) is 6.92 Å². The van der Waals surface area contributed by atoms with Crippen LogP contribution >= 0.6 is 58.0 Å². The predicted molar refractivity (Wildman–Crippen MR) is 80.4 cm³/mol. The van der Waals surface area contributed by atoms with Gasteiger partial charge in [-0.05, 0) is 37.7 Å². The Bertz CT molecular complexity index is 454. The number of ether oxygens (including phenoxy) is 1. The third kappa shape index (κ3) is 2.78. The van der Waals surface area contributed by atoms with Crippen LogP contribution in [-0.2, 0) is 9.53 Å². The minimum atomic E-state index is -1.68.